The topological polar surface area (TPSA) is 72.2 Å². The van der Waals surface area contributed by atoms with E-state index in [0.717, 1.165) is 33.3 Å². The molecule has 4 aromatic carbocycles. The van der Waals surface area contributed by atoms with Crippen molar-refractivity contribution in [3.8, 4) is 17.1 Å². The zero-order chi connectivity index (χ0) is 25.8. The summed E-state index contributed by atoms with van der Waals surface area (Å²) in [5.74, 6) is 0.497. The Bertz CT molecular complexity index is 1600. The summed E-state index contributed by atoms with van der Waals surface area (Å²) in [5, 5.41) is 17.1. The Hall–Kier alpha value is -3.65. The molecule has 0 saturated heterocycles. The molecule has 0 unspecified atom stereocenters. The van der Waals surface area contributed by atoms with Crippen LogP contribution in [0.15, 0.2) is 101 Å². The molecule has 1 heterocycles. The van der Waals surface area contributed by atoms with E-state index in [0.29, 0.717) is 21.0 Å². The van der Waals surface area contributed by atoms with Crippen molar-refractivity contribution in [2.75, 3.05) is 5.75 Å². The molecule has 1 N–H and O–H groups in total. The minimum Gasteiger partial charge on any atom is -0.272 e. The van der Waals surface area contributed by atoms with Crippen LogP contribution in [-0.2, 0) is 4.79 Å². The number of thioether (sulfide) groups is 1. The van der Waals surface area contributed by atoms with Crippen LogP contribution in [0.3, 0.4) is 0 Å². The molecular formula is C28H21Cl2N5OS. The van der Waals surface area contributed by atoms with Gasteiger partial charge < -0.3 is 0 Å². The lowest BCUT2D eigenvalue weighted by Gasteiger charge is -2.10. The minimum atomic E-state index is -0.246. The molecule has 0 radical (unpaired) electrons. The molecule has 0 atom stereocenters. The molecule has 1 aromatic heterocycles. The van der Waals surface area contributed by atoms with Gasteiger partial charge in [-0.15, -0.1) is 10.2 Å². The summed E-state index contributed by atoms with van der Waals surface area (Å²) in [6, 6.07) is 28.9. The van der Waals surface area contributed by atoms with Gasteiger partial charge in [0.1, 0.15) is 0 Å². The molecule has 9 heteroatoms. The third-order valence-electron chi connectivity index (χ3n) is 5.67. The highest BCUT2D eigenvalue weighted by molar-refractivity contribution is 7.99. The molecule has 0 spiro atoms. The smallest absolute Gasteiger partial charge is 0.250 e. The number of amides is 1. The summed E-state index contributed by atoms with van der Waals surface area (Å²) >= 11 is 13.4. The predicted octanol–water partition coefficient (Wildman–Crippen LogP) is 7.03. The molecular weight excluding hydrogens is 525 g/mol. The van der Waals surface area contributed by atoms with Gasteiger partial charge in [0.05, 0.1) is 11.5 Å². The van der Waals surface area contributed by atoms with Gasteiger partial charge >= 0.3 is 0 Å². The molecule has 0 bridgehead atoms. The van der Waals surface area contributed by atoms with Crippen LogP contribution in [0.2, 0.25) is 10.0 Å². The number of carbonyl (C=O) groups excluding carboxylic acids is 1. The lowest BCUT2D eigenvalue weighted by Crippen LogP contribution is -2.21. The standard InChI is InChI=1S/C28H21Cl2N5OS/c1-18(21-7-6-19-4-2-3-5-22(19)16-21)31-32-26(36)17-37-28-34-33-27(20-8-10-23(29)11-9-20)35(28)25-14-12-24(30)13-15-25/h2-16H,17H2,1H3,(H,32,36)/b31-18+. The zero-order valence-electron chi connectivity index (χ0n) is 19.7. The summed E-state index contributed by atoms with van der Waals surface area (Å²) in [4.78, 5) is 12.6. The van der Waals surface area contributed by atoms with E-state index in [1.54, 1.807) is 24.3 Å². The van der Waals surface area contributed by atoms with E-state index in [9.17, 15) is 4.79 Å². The Morgan fingerprint density at radius 2 is 1.57 bits per heavy atom. The average molecular weight is 546 g/mol. The summed E-state index contributed by atoms with van der Waals surface area (Å²) in [5.41, 5.74) is 5.99. The number of carbonyl (C=O) groups is 1. The van der Waals surface area contributed by atoms with E-state index in [1.165, 1.54) is 11.8 Å². The van der Waals surface area contributed by atoms with Crippen LogP contribution in [-0.4, -0.2) is 32.1 Å². The predicted molar refractivity (Wildman–Crippen MR) is 152 cm³/mol. The molecule has 184 valence electrons. The van der Waals surface area contributed by atoms with Gasteiger partial charge in [0.2, 0.25) is 0 Å². The molecule has 0 saturated carbocycles. The molecule has 0 aliphatic rings. The molecule has 5 aromatic rings. The van der Waals surface area contributed by atoms with Gasteiger partial charge in [0.25, 0.3) is 5.91 Å². The number of hydrogen-bond acceptors (Lipinski definition) is 5. The number of nitrogens with one attached hydrogen (secondary N) is 1. The van der Waals surface area contributed by atoms with E-state index in [2.05, 4.69) is 38.9 Å². The summed E-state index contributed by atoms with van der Waals surface area (Å²) in [6.07, 6.45) is 0. The average Bonchev–Trinajstić information content (AvgIpc) is 3.35. The number of halogens is 2. The molecule has 0 aliphatic carbocycles. The highest BCUT2D eigenvalue weighted by atomic mass is 35.5. The molecule has 1 amide bonds. The van der Waals surface area contributed by atoms with Crippen molar-refractivity contribution in [3.05, 3.63) is 107 Å². The Kier molecular flexibility index (Phi) is 7.55. The minimum absolute atomic E-state index is 0.112. The van der Waals surface area contributed by atoms with Crippen LogP contribution in [0.1, 0.15) is 12.5 Å². The Morgan fingerprint density at radius 1 is 0.892 bits per heavy atom. The van der Waals surface area contributed by atoms with E-state index >= 15 is 0 Å². The lowest BCUT2D eigenvalue weighted by atomic mass is 10.0. The maximum atomic E-state index is 12.6. The van der Waals surface area contributed by atoms with Gasteiger partial charge in [-0.2, -0.15) is 5.10 Å². The van der Waals surface area contributed by atoms with Crippen molar-refractivity contribution in [3.63, 3.8) is 0 Å². The largest absolute Gasteiger partial charge is 0.272 e. The summed E-state index contributed by atoms with van der Waals surface area (Å²) in [6.45, 7) is 1.87. The number of aromatic nitrogens is 3. The van der Waals surface area contributed by atoms with Gasteiger partial charge in [-0.25, -0.2) is 5.43 Å². The number of hydrazone groups is 1. The first kappa shape index (κ1) is 25.0. The first-order valence-corrected chi connectivity index (χ1v) is 13.1. The maximum absolute atomic E-state index is 12.6. The number of rotatable bonds is 7. The van der Waals surface area contributed by atoms with Gasteiger partial charge in [-0.1, -0.05) is 71.4 Å². The monoisotopic (exact) mass is 545 g/mol. The van der Waals surface area contributed by atoms with E-state index < -0.39 is 0 Å². The second-order valence-corrected chi connectivity index (χ2v) is 10.0. The van der Waals surface area contributed by atoms with Crippen LogP contribution < -0.4 is 5.43 Å². The fraction of sp³-hybridized carbons (Fsp3) is 0.0714. The SMILES string of the molecule is C/C(=N\NC(=O)CSc1nnc(-c2ccc(Cl)cc2)n1-c1ccc(Cl)cc1)c1ccc2ccccc2c1. The van der Waals surface area contributed by atoms with Crippen LogP contribution in [0.5, 0.6) is 0 Å². The molecule has 5 rings (SSSR count). The highest BCUT2D eigenvalue weighted by Gasteiger charge is 2.17. The molecule has 0 aliphatic heterocycles. The van der Waals surface area contributed by atoms with Gasteiger partial charge in [0, 0.05) is 21.3 Å². The first-order chi connectivity index (χ1) is 18.0. The van der Waals surface area contributed by atoms with Crippen molar-refractivity contribution in [2.24, 2.45) is 5.10 Å². The number of fused-ring (bicyclic) bond motifs is 1. The third kappa shape index (κ3) is 5.85. The van der Waals surface area contributed by atoms with Crippen molar-refractivity contribution in [1.82, 2.24) is 20.2 Å². The molecule has 37 heavy (non-hydrogen) atoms. The second-order valence-electron chi connectivity index (χ2n) is 8.21. The normalized spacial score (nSPS) is 11.6. The van der Waals surface area contributed by atoms with Gasteiger partial charge in [-0.05, 0) is 77.9 Å². The van der Waals surface area contributed by atoms with Crippen molar-refractivity contribution < 1.29 is 4.79 Å². The van der Waals surface area contributed by atoms with Gasteiger partial charge in [-0.3, -0.25) is 9.36 Å². The Labute approximate surface area is 228 Å². The van der Waals surface area contributed by atoms with Crippen molar-refractivity contribution in [1.29, 1.82) is 0 Å². The third-order valence-corrected chi connectivity index (χ3v) is 7.10. The van der Waals surface area contributed by atoms with Gasteiger partial charge in [0.15, 0.2) is 11.0 Å². The van der Waals surface area contributed by atoms with Crippen LogP contribution in [0.4, 0.5) is 0 Å². The first-order valence-electron chi connectivity index (χ1n) is 11.4. The Balaban J connectivity index is 1.33. The van der Waals surface area contributed by atoms with Crippen molar-refractivity contribution in [2.45, 2.75) is 12.1 Å². The second kappa shape index (κ2) is 11.2. The maximum Gasteiger partial charge on any atom is 0.250 e. The Morgan fingerprint density at radius 3 is 2.30 bits per heavy atom. The van der Waals surface area contributed by atoms with Crippen LogP contribution >= 0.6 is 35.0 Å². The molecule has 6 nitrogen and oxygen atoms in total. The van der Waals surface area contributed by atoms with E-state index in [1.807, 2.05) is 60.0 Å². The summed E-state index contributed by atoms with van der Waals surface area (Å²) in [7, 11) is 0. The van der Waals surface area contributed by atoms with Crippen LogP contribution in [0, 0.1) is 0 Å². The van der Waals surface area contributed by atoms with E-state index in [4.69, 9.17) is 23.2 Å². The fourth-order valence-corrected chi connectivity index (χ4v) is 4.76. The zero-order valence-corrected chi connectivity index (χ0v) is 22.1. The lowest BCUT2D eigenvalue weighted by molar-refractivity contribution is -0.118. The quantitative estimate of drug-likeness (QED) is 0.135. The van der Waals surface area contributed by atoms with Crippen LogP contribution in [0.25, 0.3) is 27.8 Å². The molecule has 0 fully saturated rings. The number of hydrogen-bond donors (Lipinski definition) is 1. The number of benzene rings is 4. The number of nitrogens with zero attached hydrogens (tertiary/aromatic N) is 4. The van der Waals surface area contributed by atoms with E-state index in [-0.39, 0.29) is 11.7 Å². The summed E-state index contributed by atoms with van der Waals surface area (Å²) < 4.78 is 1.89. The van der Waals surface area contributed by atoms with Crippen molar-refractivity contribution >= 4 is 57.4 Å². The fourth-order valence-electron chi connectivity index (χ4n) is 3.76. The highest BCUT2D eigenvalue weighted by Crippen LogP contribution is 2.29.